The summed E-state index contributed by atoms with van der Waals surface area (Å²) in [5, 5.41) is 12.1. The summed E-state index contributed by atoms with van der Waals surface area (Å²) in [6.07, 6.45) is -3.32. The number of hydrogen-bond acceptors (Lipinski definition) is 4. The molecule has 1 aromatic carbocycles. The summed E-state index contributed by atoms with van der Waals surface area (Å²) in [7, 11) is 0. The van der Waals surface area contributed by atoms with Crippen LogP contribution in [0.1, 0.15) is 36.3 Å². The average Bonchev–Trinajstić information content (AvgIpc) is 3.26. The van der Waals surface area contributed by atoms with E-state index in [1.807, 2.05) is 4.90 Å². The maximum atomic E-state index is 12.8. The molecular weight excluding hydrogens is 387 g/mol. The first-order chi connectivity index (χ1) is 13.1. The Hall–Kier alpha value is -1.78. The van der Waals surface area contributed by atoms with Gasteiger partial charge in [0.1, 0.15) is 6.04 Å². The topological polar surface area (TPSA) is 61.8 Å². The van der Waals surface area contributed by atoms with E-state index < -0.39 is 30.4 Å². The Morgan fingerprint density at radius 1 is 1.25 bits per heavy atom. The second-order valence-electron chi connectivity index (χ2n) is 7.15. The Labute approximate surface area is 158 Å². The molecule has 4 atom stereocenters. The summed E-state index contributed by atoms with van der Waals surface area (Å²) in [4.78, 5) is 13.1. The van der Waals surface area contributed by atoms with Crippen molar-refractivity contribution in [2.75, 3.05) is 13.2 Å². The summed E-state index contributed by atoms with van der Waals surface area (Å²) < 4.78 is 67.7. The molecule has 2 aliphatic heterocycles. The molecule has 3 rings (SSSR count). The molecule has 0 bridgehead atoms. The first kappa shape index (κ1) is 20.9. The first-order valence-corrected chi connectivity index (χ1v) is 8.96. The fourth-order valence-corrected chi connectivity index (χ4v) is 4.04. The zero-order chi connectivity index (χ0) is 20.5. The number of nitrogens with zero attached hydrogens (tertiary/aromatic N) is 1. The number of ether oxygens (including phenoxy) is 1. The van der Waals surface area contributed by atoms with Gasteiger partial charge in [0.2, 0.25) is 0 Å². The van der Waals surface area contributed by atoms with Crippen LogP contribution in [-0.2, 0) is 15.7 Å². The van der Waals surface area contributed by atoms with E-state index in [1.54, 1.807) is 0 Å². The molecule has 0 spiro atoms. The Bertz CT molecular complexity index is 683. The lowest BCUT2D eigenvalue weighted by molar-refractivity contribution is -0.141. The third kappa shape index (κ3) is 4.79. The molecule has 2 aliphatic rings. The number of benzene rings is 1. The number of hydrogen-bond donors (Lipinski definition) is 2. The quantitative estimate of drug-likeness (QED) is 0.708. The van der Waals surface area contributed by atoms with E-state index in [0.29, 0.717) is 31.4 Å². The molecule has 2 saturated heterocycles. The van der Waals surface area contributed by atoms with Crippen LogP contribution in [0.4, 0.5) is 22.0 Å². The highest BCUT2D eigenvalue weighted by molar-refractivity contribution is 5.73. The van der Waals surface area contributed by atoms with Gasteiger partial charge in [0.05, 0.1) is 18.3 Å². The minimum absolute atomic E-state index is 0.153. The van der Waals surface area contributed by atoms with Gasteiger partial charge in [0.15, 0.2) is 0 Å². The summed E-state index contributed by atoms with van der Waals surface area (Å²) in [6.45, 7) is -2.73. The van der Waals surface area contributed by atoms with E-state index in [1.165, 1.54) is 12.1 Å². The van der Waals surface area contributed by atoms with Crippen molar-refractivity contribution in [3.8, 4) is 0 Å². The number of carbonyl (C=O) groups is 1. The van der Waals surface area contributed by atoms with Crippen LogP contribution in [0.25, 0.3) is 0 Å². The van der Waals surface area contributed by atoms with Crippen molar-refractivity contribution < 1.29 is 36.6 Å². The zero-order valence-corrected chi connectivity index (χ0v) is 14.8. The molecular formula is C18H21F5N2O3. The molecule has 10 heteroatoms. The van der Waals surface area contributed by atoms with Crippen LogP contribution in [0, 0.1) is 0 Å². The average molecular weight is 408 g/mol. The molecule has 156 valence electrons. The van der Waals surface area contributed by atoms with Crippen LogP contribution in [0.2, 0.25) is 0 Å². The summed E-state index contributed by atoms with van der Waals surface area (Å²) >= 11 is 0. The SMILES string of the molecule is O=C(O)C1CCC(N2CC(c3ccc(C(F)(F)F)cc3)C[C@H]2COC(F)F)N1. The van der Waals surface area contributed by atoms with E-state index in [4.69, 9.17) is 5.11 Å². The van der Waals surface area contributed by atoms with Crippen LogP contribution >= 0.6 is 0 Å². The second-order valence-corrected chi connectivity index (χ2v) is 7.15. The van der Waals surface area contributed by atoms with Gasteiger partial charge >= 0.3 is 18.8 Å². The molecule has 28 heavy (non-hydrogen) atoms. The third-order valence-electron chi connectivity index (χ3n) is 5.40. The number of rotatable bonds is 6. The van der Waals surface area contributed by atoms with E-state index in [2.05, 4.69) is 10.1 Å². The molecule has 0 aromatic heterocycles. The summed E-state index contributed by atoms with van der Waals surface area (Å²) in [5.74, 6) is -1.12. The predicted molar refractivity (Wildman–Crippen MR) is 88.8 cm³/mol. The molecule has 3 unspecified atom stereocenters. The van der Waals surface area contributed by atoms with Crippen molar-refractivity contribution in [1.82, 2.24) is 10.2 Å². The molecule has 5 nitrogen and oxygen atoms in total. The second kappa shape index (κ2) is 8.30. The normalized spacial score (nSPS) is 28.9. The van der Waals surface area contributed by atoms with Gasteiger partial charge in [-0.1, -0.05) is 12.1 Å². The standard InChI is InChI=1S/C18H21F5N2O3/c19-17(20)28-9-13-7-11(10-1-3-12(4-2-10)18(21,22)23)8-25(13)15-6-5-14(24-15)16(26)27/h1-4,11,13-15,17,24H,5-9H2,(H,26,27)/t11?,13-,14?,15?/m0/s1. The fourth-order valence-electron chi connectivity index (χ4n) is 4.04. The largest absolute Gasteiger partial charge is 0.480 e. The highest BCUT2D eigenvalue weighted by Crippen LogP contribution is 2.37. The molecule has 2 fully saturated rings. The molecule has 2 N–H and O–H groups in total. The summed E-state index contributed by atoms with van der Waals surface area (Å²) in [6, 6.07) is 3.75. The van der Waals surface area contributed by atoms with Crippen molar-refractivity contribution in [1.29, 1.82) is 0 Å². The van der Waals surface area contributed by atoms with Crippen LogP contribution in [0.3, 0.4) is 0 Å². The minimum atomic E-state index is -4.42. The molecule has 0 radical (unpaired) electrons. The van der Waals surface area contributed by atoms with Gasteiger partial charge in [-0.15, -0.1) is 0 Å². The van der Waals surface area contributed by atoms with E-state index in [-0.39, 0.29) is 24.7 Å². The van der Waals surface area contributed by atoms with Crippen LogP contribution < -0.4 is 5.32 Å². The number of aliphatic carboxylic acids is 1. The maximum Gasteiger partial charge on any atom is 0.416 e. The Kier molecular flexibility index (Phi) is 6.21. The molecule has 0 aliphatic carbocycles. The van der Waals surface area contributed by atoms with E-state index in [0.717, 1.165) is 12.1 Å². The molecule has 2 heterocycles. The van der Waals surface area contributed by atoms with Crippen molar-refractivity contribution in [3.05, 3.63) is 35.4 Å². The van der Waals surface area contributed by atoms with Crippen molar-refractivity contribution >= 4 is 5.97 Å². The zero-order valence-electron chi connectivity index (χ0n) is 14.8. The highest BCUT2D eigenvalue weighted by Gasteiger charge is 2.41. The molecule has 1 aromatic rings. The first-order valence-electron chi connectivity index (χ1n) is 8.96. The third-order valence-corrected chi connectivity index (χ3v) is 5.40. The number of nitrogens with one attached hydrogen (secondary N) is 1. The van der Waals surface area contributed by atoms with Crippen molar-refractivity contribution in [2.45, 2.75) is 56.2 Å². The number of carboxylic acids is 1. The monoisotopic (exact) mass is 408 g/mol. The van der Waals surface area contributed by atoms with E-state index in [9.17, 15) is 26.7 Å². The van der Waals surface area contributed by atoms with Crippen LogP contribution in [0.15, 0.2) is 24.3 Å². The lowest BCUT2D eigenvalue weighted by Gasteiger charge is -2.30. The Balaban J connectivity index is 1.73. The van der Waals surface area contributed by atoms with Crippen LogP contribution in [-0.4, -0.2) is 54.0 Å². The fraction of sp³-hybridized carbons (Fsp3) is 0.611. The Morgan fingerprint density at radius 3 is 2.46 bits per heavy atom. The number of alkyl halides is 5. The van der Waals surface area contributed by atoms with Gasteiger partial charge in [0.25, 0.3) is 0 Å². The maximum absolute atomic E-state index is 12.8. The highest BCUT2D eigenvalue weighted by atomic mass is 19.4. The molecule has 0 saturated carbocycles. The van der Waals surface area contributed by atoms with Gasteiger partial charge in [-0.3, -0.25) is 15.0 Å². The van der Waals surface area contributed by atoms with Gasteiger partial charge in [-0.25, -0.2) is 0 Å². The lowest BCUT2D eigenvalue weighted by atomic mass is 9.95. The molecule has 0 amide bonds. The van der Waals surface area contributed by atoms with Gasteiger partial charge in [-0.2, -0.15) is 22.0 Å². The number of likely N-dealkylation sites (tertiary alicyclic amines) is 1. The van der Waals surface area contributed by atoms with Crippen molar-refractivity contribution in [2.24, 2.45) is 0 Å². The van der Waals surface area contributed by atoms with Crippen molar-refractivity contribution in [3.63, 3.8) is 0 Å². The number of halogens is 5. The van der Waals surface area contributed by atoms with Gasteiger partial charge < -0.3 is 9.84 Å². The lowest BCUT2D eigenvalue weighted by Crippen LogP contribution is -2.49. The number of carboxylic acid groups (broad SMARTS) is 1. The van der Waals surface area contributed by atoms with E-state index >= 15 is 0 Å². The van der Waals surface area contributed by atoms with Gasteiger partial charge in [-0.05, 0) is 42.9 Å². The minimum Gasteiger partial charge on any atom is -0.480 e. The smallest absolute Gasteiger partial charge is 0.416 e. The Morgan fingerprint density at radius 2 is 1.93 bits per heavy atom. The van der Waals surface area contributed by atoms with Crippen LogP contribution in [0.5, 0.6) is 0 Å². The predicted octanol–water partition coefficient (Wildman–Crippen LogP) is 3.27. The summed E-state index contributed by atoms with van der Waals surface area (Å²) in [5.41, 5.74) is -0.0595. The van der Waals surface area contributed by atoms with Gasteiger partial charge in [0, 0.05) is 12.6 Å².